The molecule has 0 amide bonds. The molecule has 45 heavy (non-hydrogen) atoms. The first-order chi connectivity index (χ1) is 22.3. The average molecular weight is 572 g/mol. The number of hydrogen-bond acceptors (Lipinski definition) is 0. The van der Waals surface area contributed by atoms with Crippen LogP contribution in [0.3, 0.4) is 0 Å². The molecule has 9 aromatic rings. The first-order valence-electron chi connectivity index (χ1n) is 15.5. The van der Waals surface area contributed by atoms with Gasteiger partial charge in [-0.2, -0.15) is 0 Å². The van der Waals surface area contributed by atoms with Crippen LogP contribution in [0.4, 0.5) is 0 Å². The Morgan fingerprint density at radius 2 is 0.844 bits per heavy atom. The highest BCUT2D eigenvalue weighted by atomic mass is 15.0. The summed E-state index contributed by atoms with van der Waals surface area (Å²) in [5.41, 5.74) is 8.61. The third kappa shape index (κ3) is 4.09. The molecule has 1 aromatic heterocycles. The zero-order valence-electron chi connectivity index (χ0n) is 24.7. The number of rotatable bonds is 4. The van der Waals surface area contributed by atoms with E-state index in [-0.39, 0.29) is 0 Å². The second-order valence-corrected chi connectivity index (χ2v) is 11.7. The highest BCUT2D eigenvalue weighted by Gasteiger charge is 2.16. The zero-order valence-corrected chi connectivity index (χ0v) is 24.7. The molecule has 0 saturated carbocycles. The number of fused-ring (bicyclic) bond motifs is 6. The van der Waals surface area contributed by atoms with Gasteiger partial charge in [0.05, 0.1) is 11.0 Å². The molecule has 0 aliphatic rings. The van der Waals surface area contributed by atoms with Gasteiger partial charge < -0.3 is 4.57 Å². The minimum atomic E-state index is 1.17. The Kier molecular flexibility index (Phi) is 5.89. The lowest BCUT2D eigenvalue weighted by Crippen LogP contribution is -1.93. The monoisotopic (exact) mass is 571 g/mol. The van der Waals surface area contributed by atoms with Crippen LogP contribution >= 0.6 is 0 Å². The Labute approximate surface area is 261 Å². The van der Waals surface area contributed by atoms with Gasteiger partial charge in [-0.15, -0.1) is 0 Å². The van der Waals surface area contributed by atoms with Gasteiger partial charge in [-0.1, -0.05) is 152 Å². The largest absolute Gasteiger partial charge is 0.309 e. The minimum absolute atomic E-state index is 1.17. The highest BCUT2D eigenvalue weighted by Crippen LogP contribution is 2.42. The predicted molar refractivity (Wildman–Crippen MR) is 194 cm³/mol. The average Bonchev–Trinajstić information content (AvgIpc) is 3.45. The van der Waals surface area contributed by atoms with Crippen LogP contribution in [0, 0.1) is 0 Å². The quantitative estimate of drug-likeness (QED) is 0.146. The van der Waals surface area contributed by atoms with Crippen molar-refractivity contribution in [2.75, 3.05) is 0 Å². The fourth-order valence-corrected chi connectivity index (χ4v) is 7.19. The smallest absolute Gasteiger partial charge is 0.0541 e. The van der Waals surface area contributed by atoms with Gasteiger partial charge >= 0.3 is 0 Å². The van der Waals surface area contributed by atoms with E-state index in [9.17, 15) is 0 Å². The molecule has 0 N–H and O–H groups in total. The summed E-state index contributed by atoms with van der Waals surface area (Å²) in [7, 11) is 0. The molecule has 0 bridgehead atoms. The van der Waals surface area contributed by atoms with E-state index in [0.29, 0.717) is 0 Å². The van der Waals surface area contributed by atoms with Crippen molar-refractivity contribution in [2.24, 2.45) is 0 Å². The lowest BCUT2D eigenvalue weighted by Gasteiger charge is -2.17. The fourth-order valence-electron chi connectivity index (χ4n) is 7.19. The van der Waals surface area contributed by atoms with Crippen LogP contribution in [0.15, 0.2) is 164 Å². The lowest BCUT2D eigenvalue weighted by molar-refractivity contribution is 1.18. The van der Waals surface area contributed by atoms with E-state index in [1.165, 1.54) is 82.1 Å². The third-order valence-electron chi connectivity index (χ3n) is 9.21. The number of para-hydroxylation sites is 2. The van der Waals surface area contributed by atoms with E-state index in [2.05, 4.69) is 181 Å². The van der Waals surface area contributed by atoms with E-state index in [4.69, 9.17) is 0 Å². The van der Waals surface area contributed by atoms with Crippen molar-refractivity contribution in [1.29, 1.82) is 0 Å². The molecule has 0 aliphatic carbocycles. The number of nitrogens with zero attached hydrogens (tertiary/aromatic N) is 1. The Bertz CT molecular complexity index is 2470. The summed E-state index contributed by atoms with van der Waals surface area (Å²) in [6.45, 7) is 0. The number of benzene rings is 8. The molecule has 9 rings (SSSR count). The van der Waals surface area contributed by atoms with Crippen LogP contribution in [0.2, 0.25) is 0 Å². The van der Waals surface area contributed by atoms with E-state index in [1.807, 2.05) is 0 Å². The predicted octanol–water partition coefficient (Wildman–Crippen LogP) is 12.1. The van der Waals surface area contributed by atoms with E-state index >= 15 is 0 Å². The van der Waals surface area contributed by atoms with Crippen LogP contribution in [-0.4, -0.2) is 4.57 Å². The molecule has 1 nitrogen and oxygen atoms in total. The summed E-state index contributed by atoms with van der Waals surface area (Å²) in [4.78, 5) is 0. The van der Waals surface area contributed by atoms with Crippen LogP contribution < -0.4 is 0 Å². The van der Waals surface area contributed by atoms with Crippen molar-refractivity contribution >= 4 is 66.3 Å². The minimum Gasteiger partial charge on any atom is -0.309 e. The molecular formula is C44H29N. The van der Waals surface area contributed by atoms with Crippen molar-refractivity contribution in [2.45, 2.75) is 0 Å². The Balaban J connectivity index is 1.18. The van der Waals surface area contributed by atoms with E-state index < -0.39 is 0 Å². The van der Waals surface area contributed by atoms with Gasteiger partial charge in [0, 0.05) is 16.5 Å². The molecule has 1 heteroatoms. The molecule has 0 saturated heterocycles. The maximum absolute atomic E-state index is 2.37. The Hall–Kier alpha value is -5.92. The van der Waals surface area contributed by atoms with Gasteiger partial charge in [0.15, 0.2) is 0 Å². The summed E-state index contributed by atoms with van der Waals surface area (Å²) in [5, 5.41) is 10.2. The fraction of sp³-hybridized carbons (Fsp3) is 0. The summed E-state index contributed by atoms with van der Waals surface area (Å²) in [5.74, 6) is 0. The van der Waals surface area contributed by atoms with Crippen LogP contribution in [0.1, 0.15) is 11.1 Å². The van der Waals surface area contributed by atoms with Crippen molar-refractivity contribution in [3.05, 3.63) is 175 Å². The zero-order chi connectivity index (χ0) is 29.7. The number of aromatic nitrogens is 1. The van der Waals surface area contributed by atoms with Crippen molar-refractivity contribution < 1.29 is 0 Å². The van der Waals surface area contributed by atoms with Crippen molar-refractivity contribution in [3.8, 4) is 16.8 Å². The van der Waals surface area contributed by atoms with Crippen molar-refractivity contribution in [1.82, 2.24) is 4.57 Å². The summed E-state index contributed by atoms with van der Waals surface area (Å²) in [6, 6.07) is 59.3. The van der Waals surface area contributed by atoms with Crippen LogP contribution in [0.5, 0.6) is 0 Å². The molecule has 0 spiro atoms. The topological polar surface area (TPSA) is 4.93 Å². The molecule has 0 fully saturated rings. The molecular weight excluding hydrogens is 542 g/mol. The second kappa shape index (κ2) is 10.4. The molecule has 8 aromatic carbocycles. The number of hydrogen-bond donors (Lipinski definition) is 0. The molecule has 0 atom stereocenters. The standard InChI is InChI=1S/C44H29N/c1-2-14-33-31(12-1)13-11-21-39(33)44-40-19-5-3-15-34(40)36(35-16-4-6-20-41(35)44)29-26-30-24-27-32(28-25-30)45-42-22-9-7-17-37(42)38-18-8-10-23-43(38)45/h1-29H/b29-26+. The van der Waals surface area contributed by atoms with Gasteiger partial charge in [-0.25, -0.2) is 0 Å². The van der Waals surface area contributed by atoms with Gasteiger partial charge in [0.1, 0.15) is 0 Å². The first-order valence-corrected chi connectivity index (χ1v) is 15.5. The molecule has 1 heterocycles. The first kappa shape index (κ1) is 25.6. The normalized spacial score (nSPS) is 11.9. The Morgan fingerprint density at radius 1 is 0.356 bits per heavy atom. The van der Waals surface area contributed by atoms with E-state index in [1.54, 1.807) is 0 Å². The molecule has 0 unspecified atom stereocenters. The lowest BCUT2D eigenvalue weighted by atomic mass is 9.86. The van der Waals surface area contributed by atoms with Crippen molar-refractivity contribution in [3.63, 3.8) is 0 Å². The van der Waals surface area contributed by atoms with Gasteiger partial charge in [0.2, 0.25) is 0 Å². The molecule has 210 valence electrons. The summed E-state index contributed by atoms with van der Waals surface area (Å²) >= 11 is 0. The van der Waals surface area contributed by atoms with Gasteiger partial charge in [-0.05, 0) is 78.8 Å². The Morgan fingerprint density at radius 3 is 1.47 bits per heavy atom. The highest BCUT2D eigenvalue weighted by molar-refractivity contribution is 6.20. The second-order valence-electron chi connectivity index (χ2n) is 11.7. The van der Waals surface area contributed by atoms with Gasteiger partial charge in [0.25, 0.3) is 0 Å². The molecule has 0 aliphatic heterocycles. The maximum atomic E-state index is 2.37. The van der Waals surface area contributed by atoms with Crippen LogP contribution in [0.25, 0.3) is 83.1 Å². The molecule has 0 radical (unpaired) electrons. The third-order valence-corrected chi connectivity index (χ3v) is 9.21. The van der Waals surface area contributed by atoms with Crippen LogP contribution in [-0.2, 0) is 0 Å². The summed E-state index contributed by atoms with van der Waals surface area (Å²) in [6.07, 6.45) is 4.55. The van der Waals surface area contributed by atoms with Gasteiger partial charge in [-0.3, -0.25) is 0 Å². The van der Waals surface area contributed by atoms with E-state index in [0.717, 1.165) is 0 Å². The SMILES string of the molecule is C(=C\c1c2ccccc2c(-c2cccc3ccccc23)c2ccccc12)/c1ccc(-n2c3ccccc3c3ccccc32)cc1. The maximum Gasteiger partial charge on any atom is 0.0541 e. The summed E-state index contributed by atoms with van der Waals surface area (Å²) < 4.78 is 2.37.